The fourth-order valence-electron chi connectivity index (χ4n) is 4.45. The molecule has 178 valence electrons. The Labute approximate surface area is 199 Å². The van der Waals surface area contributed by atoms with Gasteiger partial charge in [0, 0.05) is 32.6 Å². The largest absolute Gasteiger partial charge is 0.451 e. The number of amides is 3. The number of esters is 1. The van der Waals surface area contributed by atoms with E-state index < -0.39 is 29.9 Å². The predicted molar refractivity (Wildman–Crippen MR) is 125 cm³/mol. The van der Waals surface area contributed by atoms with Crippen LogP contribution < -0.4 is 0 Å². The van der Waals surface area contributed by atoms with Crippen molar-refractivity contribution in [3.05, 3.63) is 71.3 Å². The molecule has 1 fully saturated rings. The Hall–Kier alpha value is -3.52. The second-order valence-electron chi connectivity index (χ2n) is 8.57. The van der Waals surface area contributed by atoms with E-state index in [0.717, 1.165) is 30.1 Å². The summed E-state index contributed by atoms with van der Waals surface area (Å²) in [5.41, 5.74) is 1.29. The summed E-state index contributed by atoms with van der Waals surface area (Å²) in [5.74, 6) is -2.11. The van der Waals surface area contributed by atoms with Crippen molar-refractivity contribution >= 4 is 23.7 Å². The maximum atomic E-state index is 13.3. The minimum Gasteiger partial charge on any atom is -0.451 e. The molecular weight excluding hydrogens is 434 g/mol. The van der Waals surface area contributed by atoms with E-state index in [2.05, 4.69) is 11.8 Å². The van der Waals surface area contributed by atoms with Crippen molar-refractivity contribution < 1.29 is 23.9 Å². The highest BCUT2D eigenvalue weighted by Crippen LogP contribution is 2.27. The van der Waals surface area contributed by atoms with E-state index in [-0.39, 0.29) is 23.5 Å². The molecule has 0 aliphatic carbocycles. The van der Waals surface area contributed by atoms with Crippen molar-refractivity contribution in [2.24, 2.45) is 0 Å². The lowest BCUT2D eigenvalue weighted by Gasteiger charge is -2.35. The molecule has 1 saturated heterocycles. The van der Waals surface area contributed by atoms with E-state index in [9.17, 15) is 19.2 Å². The first-order valence-electron chi connectivity index (χ1n) is 11.6. The molecule has 0 saturated carbocycles. The van der Waals surface area contributed by atoms with Gasteiger partial charge in [-0.3, -0.25) is 19.3 Å². The van der Waals surface area contributed by atoms with Crippen LogP contribution in [0, 0.1) is 0 Å². The van der Waals surface area contributed by atoms with Gasteiger partial charge in [-0.1, -0.05) is 49.4 Å². The zero-order valence-corrected chi connectivity index (χ0v) is 19.5. The predicted octanol–water partition coefficient (Wildman–Crippen LogP) is 1.99. The third-order valence-corrected chi connectivity index (χ3v) is 6.45. The Balaban J connectivity index is 1.52. The molecule has 2 aromatic carbocycles. The molecule has 34 heavy (non-hydrogen) atoms. The number of piperazine rings is 1. The second kappa shape index (κ2) is 10.2. The van der Waals surface area contributed by atoms with Crippen molar-refractivity contribution in [2.75, 3.05) is 32.7 Å². The first-order chi connectivity index (χ1) is 16.4. The Morgan fingerprint density at radius 1 is 0.882 bits per heavy atom. The molecule has 2 aromatic rings. The number of imide groups is 1. The van der Waals surface area contributed by atoms with E-state index >= 15 is 0 Å². The monoisotopic (exact) mass is 463 g/mol. The molecule has 0 spiro atoms. The summed E-state index contributed by atoms with van der Waals surface area (Å²) < 4.78 is 5.57. The van der Waals surface area contributed by atoms with E-state index in [1.54, 1.807) is 29.2 Å². The van der Waals surface area contributed by atoms with E-state index in [1.165, 1.54) is 6.92 Å². The fraction of sp³-hybridized carbons (Fsp3) is 0.385. The highest BCUT2D eigenvalue weighted by molar-refractivity contribution is 6.22. The molecule has 2 aliphatic rings. The lowest BCUT2D eigenvalue weighted by Crippen LogP contribution is -2.53. The standard InChI is InChI=1S/C26H29N3O5/c1-3-27-13-15-28(16-14-27)23(30)18(2)34-26(33)22(17-19-9-5-4-6-10-19)29-24(31)20-11-7-8-12-21(20)25(29)32/h4-12,18,22H,3,13-17H2,1-2H3/t18-,22+/m1/s1. The Kier molecular flexibility index (Phi) is 7.07. The zero-order chi connectivity index (χ0) is 24.2. The summed E-state index contributed by atoms with van der Waals surface area (Å²) in [6.45, 7) is 7.22. The number of hydrogen-bond acceptors (Lipinski definition) is 6. The summed E-state index contributed by atoms with van der Waals surface area (Å²) in [5, 5.41) is 0. The summed E-state index contributed by atoms with van der Waals surface area (Å²) in [6, 6.07) is 14.4. The molecule has 2 atom stereocenters. The molecular formula is C26H29N3O5. The Bertz CT molecular complexity index is 1040. The molecule has 0 unspecified atom stereocenters. The minimum absolute atomic E-state index is 0.0984. The maximum Gasteiger partial charge on any atom is 0.330 e. The first kappa shape index (κ1) is 23.6. The van der Waals surface area contributed by atoms with Crippen molar-refractivity contribution in [3.8, 4) is 0 Å². The molecule has 3 amide bonds. The number of carbonyl (C=O) groups excluding carboxylic acids is 4. The van der Waals surface area contributed by atoms with Crippen LogP contribution >= 0.6 is 0 Å². The van der Waals surface area contributed by atoms with Gasteiger partial charge in [-0.25, -0.2) is 4.79 Å². The van der Waals surface area contributed by atoms with Crippen LogP contribution in [0.5, 0.6) is 0 Å². The number of fused-ring (bicyclic) bond motifs is 1. The number of likely N-dealkylation sites (N-methyl/N-ethyl adjacent to an activating group) is 1. The highest BCUT2D eigenvalue weighted by atomic mass is 16.5. The number of hydrogen-bond donors (Lipinski definition) is 0. The third kappa shape index (κ3) is 4.72. The molecule has 8 heteroatoms. The number of nitrogens with zero attached hydrogens (tertiary/aromatic N) is 3. The lowest BCUT2D eigenvalue weighted by atomic mass is 10.0. The average Bonchev–Trinajstić information content (AvgIpc) is 3.12. The topological polar surface area (TPSA) is 87.2 Å². The van der Waals surface area contributed by atoms with Crippen LogP contribution in [0.25, 0.3) is 0 Å². The summed E-state index contributed by atoms with van der Waals surface area (Å²) in [4.78, 5) is 57.3. The molecule has 4 rings (SSSR count). The highest BCUT2D eigenvalue weighted by Gasteiger charge is 2.44. The van der Waals surface area contributed by atoms with Gasteiger partial charge >= 0.3 is 5.97 Å². The smallest absolute Gasteiger partial charge is 0.330 e. The molecule has 0 bridgehead atoms. The van der Waals surface area contributed by atoms with E-state index in [0.29, 0.717) is 13.1 Å². The normalized spacial score (nSPS) is 17.9. The van der Waals surface area contributed by atoms with Gasteiger partial charge in [0.05, 0.1) is 11.1 Å². The molecule has 8 nitrogen and oxygen atoms in total. The fourth-order valence-corrected chi connectivity index (χ4v) is 4.45. The van der Waals surface area contributed by atoms with Crippen LogP contribution in [0.3, 0.4) is 0 Å². The summed E-state index contributed by atoms with van der Waals surface area (Å²) >= 11 is 0. The van der Waals surface area contributed by atoms with Gasteiger partial charge in [0.1, 0.15) is 6.04 Å². The molecule has 0 aromatic heterocycles. The van der Waals surface area contributed by atoms with Crippen molar-refractivity contribution in [3.63, 3.8) is 0 Å². The summed E-state index contributed by atoms with van der Waals surface area (Å²) in [6.07, 6.45) is -0.921. The quantitative estimate of drug-likeness (QED) is 0.461. The van der Waals surface area contributed by atoms with Crippen LogP contribution in [0.4, 0.5) is 0 Å². The molecule has 2 aliphatic heterocycles. The molecule has 0 radical (unpaired) electrons. The first-order valence-corrected chi connectivity index (χ1v) is 11.6. The van der Waals surface area contributed by atoms with Gasteiger partial charge < -0.3 is 14.5 Å². The van der Waals surface area contributed by atoms with Crippen LogP contribution in [-0.4, -0.2) is 83.3 Å². The maximum absolute atomic E-state index is 13.3. The zero-order valence-electron chi connectivity index (χ0n) is 19.5. The second-order valence-corrected chi connectivity index (χ2v) is 8.57. The number of benzene rings is 2. The van der Waals surface area contributed by atoms with Gasteiger partial charge in [0.15, 0.2) is 6.10 Å². The average molecular weight is 464 g/mol. The number of ether oxygens (including phenoxy) is 1. The SMILES string of the molecule is CCN1CCN(C(=O)[C@@H](C)OC(=O)[C@H](Cc2ccccc2)N2C(=O)c3ccccc3C2=O)CC1. The minimum atomic E-state index is -1.18. The lowest BCUT2D eigenvalue weighted by molar-refractivity contribution is -0.162. The number of rotatable bonds is 7. The van der Waals surface area contributed by atoms with Crippen molar-refractivity contribution in [2.45, 2.75) is 32.4 Å². The number of carbonyl (C=O) groups is 4. The Morgan fingerprint density at radius 3 is 2.00 bits per heavy atom. The van der Waals surface area contributed by atoms with E-state index in [1.807, 2.05) is 30.3 Å². The van der Waals surface area contributed by atoms with Gasteiger partial charge in [-0.05, 0) is 31.2 Å². The van der Waals surface area contributed by atoms with Gasteiger partial charge in [-0.15, -0.1) is 0 Å². The van der Waals surface area contributed by atoms with Crippen LogP contribution in [0.2, 0.25) is 0 Å². The third-order valence-electron chi connectivity index (χ3n) is 6.45. The van der Waals surface area contributed by atoms with Gasteiger partial charge in [0.2, 0.25) is 0 Å². The summed E-state index contributed by atoms with van der Waals surface area (Å²) in [7, 11) is 0. The van der Waals surface area contributed by atoms with Gasteiger partial charge in [0.25, 0.3) is 17.7 Å². The van der Waals surface area contributed by atoms with Crippen LogP contribution in [0.1, 0.15) is 40.1 Å². The molecule has 0 N–H and O–H groups in total. The van der Waals surface area contributed by atoms with Gasteiger partial charge in [-0.2, -0.15) is 0 Å². The Morgan fingerprint density at radius 2 is 1.44 bits per heavy atom. The molecule has 2 heterocycles. The van der Waals surface area contributed by atoms with Crippen LogP contribution in [0.15, 0.2) is 54.6 Å². The van der Waals surface area contributed by atoms with Crippen LogP contribution in [-0.2, 0) is 20.7 Å². The van der Waals surface area contributed by atoms with E-state index in [4.69, 9.17) is 4.74 Å². The van der Waals surface area contributed by atoms with Crippen molar-refractivity contribution in [1.82, 2.24) is 14.7 Å². The van der Waals surface area contributed by atoms with Crippen molar-refractivity contribution in [1.29, 1.82) is 0 Å².